The van der Waals surface area contributed by atoms with Crippen molar-refractivity contribution in [3.05, 3.63) is 41.2 Å². The monoisotopic (exact) mass is 295 g/mol. The quantitative estimate of drug-likeness (QED) is 0.863. The highest BCUT2D eigenvalue weighted by atomic mass is 35.5. The molecule has 1 amide bonds. The molecule has 2 rings (SSSR count). The van der Waals surface area contributed by atoms with Crippen molar-refractivity contribution in [2.45, 2.75) is 18.5 Å². The number of amides is 1. The van der Waals surface area contributed by atoms with Gasteiger partial charge in [0.15, 0.2) is 5.16 Å². The molecule has 0 atom stereocenters. The first-order chi connectivity index (χ1) is 9.09. The number of nitrogens with two attached hydrogens (primary N) is 1. The summed E-state index contributed by atoms with van der Waals surface area (Å²) < 4.78 is 1.97. The van der Waals surface area contributed by atoms with Crippen LogP contribution in [0, 0.1) is 6.92 Å². The summed E-state index contributed by atoms with van der Waals surface area (Å²) in [6.45, 7) is 1.97. The van der Waals surface area contributed by atoms with E-state index in [0.29, 0.717) is 12.2 Å². The van der Waals surface area contributed by atoms with Crippen molar-refractivity contribution in [3.63, 3.8) is 0 Å². The number of hydrogen-bond donors (Lipinski definition) is 1. The standard InChI is InChI=1S/C13H14ClN3OS/c1-9-10(14)3-2-4-11(9)17-7-6-16-13(17)19-8-5-12(15)18/h2-4,6-7H,5,8H2,1H3,(H2,15,18). The minimum Gasteiger partial charge on any atom is -0.370 e. The average Bonchev–Trinajstić information content (AvgIpc) is 2.80. The molecule has 0 fully saturated rings. The van der Waals surface area contributed by atoms with Gasteiger partial charge in [-0.2, -0.15) is 0 Å². The van der Waals surface area contributed by atoms with Gasteiger partial charge in [0.2, 0.25) is 5.91 Å². The Morgan fingerprint density at radius 1 is 1.53 bits per heavy atom. The topological polar surface area (TPSA) is 60.9 Å². The zero-order valence-corrected chi connectivity index (χ0v) is 12.0. The van der Waals surface area contributed by atoms with Gasteiger partial charge in [-0.05, 0) is 24.6 Å². The van der Waals surface area contributed by atoms with E-state index in [1.807, 2.05) is 35.9 Å². The van der Waals surface area contributed by atoms with Gasteiger partial charge in [-0.15, -0.1) is 0 Å². The Kier molecular flexibility index (Phi) is 4.50. The molecule has 1 heterocycles. The van der Waals surface area contributed by atoms with Gasteiger partial charge in [-0.3, -0.25) is 9.36 Å². The number of aromatic nitrogens is 2. The van der Waals surface area contributed by atoms with Crippen LogP contribution in [0.4, 0.5) is 0 Å². The predicted molar refractivity (Wildman–Crippen MR) is 77.8 cm³/mol. The lowest BCUT2D eigenvalue weighted by Gasteiger charge is -2.11. The van der Waals surface area contributed by atoms with E-state index < -0.39 is 0 Å². The largest absolute Gasteiger partial charge is 0.370 e. The van der Waals surface area contributed by atoms with Crippen LogP contribution >= 0.6 is 23.4 Å². The maximum atomic E-state index is 10.7. The highest BCUT2D eigenvalue weighted by molar-refractivity contribution is 7.99. The molecule has 0 aliphatic heterocycles. The second kappa shape index (κ2) is 6.12. The zero-order chi connectivity index (χ0) is 13.8. The number of carbonyl (C=O) groups excluding carboxylic acids is 1. The number of thioether (sulfide) groups is 1. The van der Waals surface area contributed by atoms with Gasteiger partial charge in [0.25, 0.3) is 0 Å². The number of hydrogen-bond acceptors (Lipinski definition) is 3. The van der Waals surface area contributed by atoms with Gasteiger partial charge in [0.05, 0.1) is 5.69 Å². The highest BCUT2D eigenvalue weighted by Crippen LogP contribution is 2.26. The van der Waals surface area contributed by atoms with Crippen molar-refractivity contribution < 1.29 is 4.79 Å². The molecular formula is C13H14ClN3OS. The first kappa shape index (κ1) is 14.0. The maximum Gasteiger partial charge on any atom is 0.218 e. The van der Waals surface area contributed by atoms with Crippen LogP contribution in [0.5, 0.6) is 0 Å². The Bertz CT molecular complexity index is 597. The van der Waals surface area contributed by atoms with Gasteiger partial charge < -0.3 is 5.73 Å². The summed E-state index contributed by atoms with van der Waals surface area (Å²) in [6.07, 6.45) is 3.95. The van der Waals surface area contributed by atoms with Crippen LogP contribution < -0.4 is 5.73 Å². The van der Waals surface area contributed by atoms with E-state index in [4.69, 9.17) is 17.3 Å². The van der Waals surface area contributed by atoms with Crippen LogP contribution in [0.1, 0.15) is 12.0 Å². The van der Waals surface area contributed by atoms with Gasteiger partial charge in [0.1, 0.15) is 0 Å². The molecule has 0 saturated heterocycles. The van der Waals surface area contributed by atoms with Crippen molar-refractivity contribution in [3.8, 4) is 5.69 Å². The summed E-state index contributed by atoms with van der Waals surface area (Å²) in [5.74, 6) is 0.316. The fourth-order valence-corrected chi connectivity index (χ4v) is 2.77. The van der Waals surface area contributed by atoms with Crippen LogP contribution in [0.2, 0.25) is 5.02 Å². The molecular weight excluding hydrogens is 282 g/mol. The van der Waals surface area contributed by atoms with Gasteiger partial charge in [-0.25, -0.2) is 4.98 Å². The molecule has 0 radical (unpaired) electrons. The Hall–Kier alpha value is -1.46. The first-order valence-electron chi connectivity index (χ1n) is 5.79. The van der Waals surface area contributed by atoms with Crippen molar-refractivity contribution in [1.29, 1.82) is 0 Å². The smallest absolute Gasteiger partial charge is 0.218 e. The van der Waals surface area contributed by atoms with Crippen molar-refractivity contribution >= 4 is 29.3 Å². The lowest BCUT2D eigenvalue weighted by molar-refractivity contribution is -0.117. The lowest BCUT2D eigenvalue weighted by atomic mass is 10.2. The van der Waals surface area contributed by atoms with Gasteiger partial charge >= 0.3 is 0 Å². The molecule has 6 heteroatoms. The summed E-state index contributed by atoms with van der Waals surface area (Å²) in [4.78, 5) is 15.0. The molecule has 0 saturated carbocycles. The summed E-state index contributed by atoms with van der Waals surface area (Å²) >= 11 is 7.63. The van der Waals surface area contributed by atoms with Crippen LogP contribution in [0.15, 0.2) is 35.7 Å². The molecule has 0 spiro atoms. The number of halogens is 1. The molecule has 0 bridgehead atoms. The zero-order valence-electron chi connectivity index (χ0n) is 10.5. The molecule has 1 aromatic carbocycles. The first-order valence-corrected chi connectivity index (χ1v) is 7.16. The van der Waals surface area contributed by atoms with E-state index in [0.717, 1.165) is 21.4 Å². The van der Waals surface area contributed by atoms with E-state index in [9.17, 15) is 4.79 Å². The number of benzene rings is 1. The third-order valence-electron chi connectivity index (χ3n) is 2.69. The summed E-state index contributed by atoms with van der Waals surface area (Å²) in [6, 6.07) is 5.75. The van der Waals surface area contributed by atoms with Crippen LogP contribution in [0.25, 0.3) is 5.69 Å². The Labute approximate surface area is 121 Å². The fraction of sp³-hybridized carbons (Fsp3) is 0.231. The predicted octanol–water partition coefficient (Wildman–Crippen LogP) is 2.80. The third-order valence-corrected chi connectivity index (χ3v) is 4.06. The molecule has 19 heavy (non-hydrogen) atoms. The maximum absolute atomic E-state index is 10.7. The van der Waals surface area contributed by atoms with E-state index in [1.165, 1.54) is 11.8 Å². The Morgan fingerprint density at radius 3 is 3.05 bits per heavy atom. The Balaban J connectivity index is 2.24. The van der Waals surface area contributed by atoms with Crippen LogP contribution in [-0.4, -0.2) is 21.2 Å². The molecule has 0 unspecified atom stereocenters. The number of nitrogens with zero attached hydrogens (tertiary/aromatic N) is 2. The molecule has 100 valence electrons. The normalized spacial score (nSPS) is 10.6. The fourth-order valence-electron chi connectivity index (χ4n) is 1.68. The molecule has 1 aromatic heterocycles. The second-order valence-corrected chi connectivity index (χ2v) is 5.50. The van der Waals surface area contributed by atoms with Crippen LogP contribution in [0.3, 0.4) is 0 Å². The third kappa shape index (κ3) is 3.30. The van der Waals surface area contributed by atoms with Crippen molar-refractivity contribution in [2.24, 2.45) is 5.73 Å². The van der Waals surface area contributed by atoms with Crippen molar-refractivity contribution in [1.82, 2.24) is 9.55 Å². The summed E-state index contributed by atoms with van der Waals surface area (Å²) in [7, 11) is 0. The minimum atomic E-state index is -0.301. The van der Waals surface area contributed by atoms with E-state index in [1.54, 1.807) is 6.20 Å². The average molecular weight is 296 g/mol. The molecule has 4 nitrogen and oxygen atoms in total. The van der Waals surface area contributed by atoms with Crippen LogP contribution in [-0.2, 0) is 4.79 Å². The molecule has 0 aliphatic carbocycles. The minimum absolute atomic E-state index is 0.301. The number of primary amides is 1. The van der Waals surface area contributed by atoms with E-state index in [-0.39, 0.29) is 5.91 Å². The van der Waals surface area contributed by atoms with Crippen molar-refractivity contribution in [2.75, 3.05) is 5.75 Å². The highest BCUT2D eigenvalue weighted by Gasteiger charge is 2.09. The molecule has 0 aliphatic rings. The van der Waals surface area contributed by atoms with E-state index >= 15 is 0 Å². The number of imidazole rings is 1. The summed E-state index contributed by atoms with van der Waals surface area (Å²) in [5.41, 5.74) is 7.12. The summed E-state index contributed by atoms with van der Waals surface area (Å²) in [5, 5.41) is 1.55. The van der Waals surface area contributed by atoms with Gasteiger partial charge in [0, 0.05) is 29.6 Å². The number of rotatable bonds is 5. The Morgan fingerprint density at radius 2 is 2.32 bits per heavy atom. The lowest BCUT2D eigenvalue weighted by Crippen LogP contribution is -2.11. The molecule has 2 aromatic rings. The van der Waals surface area contributed by atoms with Gasteiger partial charge in [-0.1, -0.05) is 29.4 Å². The SMILES string of the molecule is Cc1c(Cl)cccc1-n1ccnc1SCCC(N)=O. The molecule has 2 N–H and O–H groups in total. The van der Waals surface area contributed by atoms with E-state index in [2.05, 4.69) is 4.98 Å². The second-order valence-electron chi connectivity index (χ2n) is 4.03. The number of carbonyl (C=O) groups is 1.